The van der Waals surface area contributed by atoms with E-state index in [1.165, 1.54) is 11.8 Å². The third-order valence-electron chi connectivity index (χ3n) is 3.51. The van der Waals surface area contributed by atoms with Gasteiger partial charge in [-0.3, -0.25) is 9.89 Å². The van der Waals surface area contributed by atoms with Crippen LogP contribution in [0.3, 0.4) is 0 Å². The minimum Gasteiger partial charge on any atom is -0.309 e. The molecule has 7 heteroatoms. The summed E-state index contributed by atoms with van der Waals surface area (Å²) < 4.78 is 0. The molecule has 6 nitrogen and oxygen atoms in total. The Kier molecular flexibility index (Phi) is 3.84. The summed E-state index contributed by atoms with van der Waals surface area (Å²) in [6.07, 6.45) is 0. The Balaban J connectivity index is 1.53. The van der Waals surface area contributed by atoms with Crippen molar-refractivity contribution >= 4 is 22.7 Å². The number of rotatable bonds is 4. The molecule has 0 aliphatic rings. The summed E-state index contributed by atoms with van der Waals surface area (Å²) in [4.78, 5) is 23.8. The number of hydrogen-bond donors (Lipinski definition) is 2. The van der Waals surface area contributed by atoms with E-state index in [1.807, 2.05) is 48.5 Å². The van der Waals surface area contributed by atoms with Crippen molar-refractivity contribution in [1.29, 1.82) is 0 Å². The number of aromatic nitrogens is 5. The van der Waals surface area contributed by atoms with Gasteiger partial charge in [-0.05, 0) is 12.1 Å². The van der Waals surface area contributed by atoms with Crippen LogP contribution in [0.25, 0.3) is 22.3 Å². The topological polar surface area (TPSA) is 87.3 Å². The standard InChI is InChI=1S/C17H13N5OS/c23-16-12-8-4-5-9-13(12)18-14(19-16)10-24-17-20-15(21-22-17)11-6-2-1-3-7-11/h1-9H,10H2,(H,18,19,23)(H,20,21,22). The van der Waals surface area contributed by atoms with E-state index in [9.17, 15) is 4.79 Å². The lowest BCUT2D eigenvalue weighted by molar-refractivity contribution is 0.966. The van der Waals surface area contributed by atoms with Gasteiger partial charge in [0.05, 0.1) is 16.7 Å². The van der Waals surface area contributed by atoms with E-state index in [-0.39, 0.29) is 5.56 Å². The van der Waals surface area contributed by atoms with Crippen LogP contribution in [0.1, 0.15) is 5.82 Å². The van der Waals surface area contributed by atoms with Crippen LogP contribution < -0.4 is 5.56 Å². The molecule has 0 aliphatic carbocycles. The molecule has 2 aromatic heterocycles. The number of nitrogens with one attached hydrogen (secondary N) is 2. The zero-order valence-corrected chi connectivity index (χ0v) is 13.4. The highest BCUT2D eigenvalue weighted by Gasteiger charge is 2.08. The van der Waals surface area contributed by atoms with Gasteiger partial charge < -0.3 is 4.98 Å². The fourth-order valence-corrected chi connectivity index (χ4v) is 3.04. The Morgan fingerprint density at radius 2 is 1.75 bits per heavy atom. The second-order valence-corrected chi connectivity index (χ2v) is 6.09. The molecule has 0 bridgehead atoms. The SMILES string of the molecule is O=c1[nH]c(CSc2n[nH]c(-c3ccccc3)n2)nc2ccccc12. The third-order valence-corrected chi connectivity index (χ3v) is 4.37. The molecule has 0 saturated heterocycles. The first-order chi connectivity index (χ1) is 11.8. The van der Waals surface area contributed by atoms with Gasteiger partial charge in [0.15, 0.2) is 5.82 Å². The van der Waals surface area contributed by atoms with E-state index in [0.29, 0.717) is 27.6 Å². The first-order valence-corrected chi connectivity index (χ1v) is 8.37. The summed E-state index contributed by atoms with van der Waals surface area (Å²) >= 11 is 1.42. The Hall–Kier alpha value is -2.93. The number of benzene rings is 2. The molecule has 0 aliphatic heterocycles. The predicted octanol–water partition coefficient (Wildman–Crippen LogP) is 3.00. The summed E-state index contributed by atoms with van der Waals surface area (Å²) in [6, 6.07) is 17.1. The van der Waals surface area contributed by atoms with Gasteiger partial charge in [-0.1, -0.05) is 54.2 Å². The Labute approximate surface area is 141 Å². The molecule has 4 rings (SSSR count). The molecule has 2 heterocycles. The molecule has 2 aromatic carbocycles. The molecule has 4 aromatic rings. The quantitative estimate of drug-likeness (QED) is 0.560. The average molecular weight is 335 g/mol. The summed E-state index contributed by atoms with van der Waals surface area (Å²) in [6.45, 7) is 0. The van der Waals surface area contributed by atoms with Gasteiger partial charge in [-0.2, -0.15) is 0 Å². The Morgan fingerprint density at radius 3 is 2.62 bits per heavy atom. The lowest BCUT2D eigenvalue weighted by Crippen LogP contribution is -2.11. The minimum absolute atomic E-state index is 0.129. The number of thioether (sulfide) groups is 1. The highest BCUT2D eigenvalue weighted by atomic mass is 32.2. The maximum atomic E-state index is 12.1. The molecule has 0 amide bonds. The summed E-state index contributed by atoms with van der Waals surface area (Å²) in [7, 11) is 0. The van der Waals surface area contributed by atoms with Crippen molar-refractivity contribution in [3.8, 4) is 11.4 Å². The Morgan fingerprint density at radius 1 is 0.958 bits per heavy atom. The molecule has 24 heavy (non-hydrogen) atoms. The fourth-order valence-electron chi connectivity index (χ4n) is 2.37. The van der Waals surface area contributed by atoms with Gasteiger partial charge in [0, 0.05) is 5.56 Å². The van der Waals surface area contributed by atoms with Crippen LogP contribution >= 0.6 is 11.8 Å². The smallest absolute Gasteiger partial charge is 0.258 e. The number of fused-ring (bicyclic) bond motifs is 1. The summed E-state index contributed by atoms with van der Waals surface area (Å²) in [5.41, 5.74) is 1.54. The summed E-state index contributed by atoms with van der Waals surface area (Å²) in [5.74, 6) is 1.82. The van der Waals surface area contributed by atoms with Crippen LogP contribution in [0.2, 0.25) is 0 Å². The zero-order chi connectivity index (χ0) is 16.4. The molecule has 0 fully saturated rings. The van der Waals surface area contributed by atoms with Crippen LogP contribution in [-0.2, 0) is 5.75 Å². The van der Waals surface area contributed by atoms with E-state index in [0.717, 1.165) is 11.4 Å². The molecule has 0 unspecified atom stereocenters. The van der Waals surface area contributed by atoms with Crippen LogP contribution in [0.4, 0.5) is 0 Å². The number of H-pyrrole nitrogens is 2. The van der Waals surface area contributed by atoms with E-state index in [1.54, 1.807) is 6.07 Å². The third kappa shape index (κ3) is 2.93. The van der Waals surface area contributed by atoms with Gasteiger partial charge in [-0.15, -0.1) is 5.10 Å². The fraction of sp³-hybridized carbons (Fsp3) is 0.0588. The molecule has 0 saturated carbocycles. The second-order valence-electron chi connectivity index (χ2n) is 5.15. The van der Waals surface area contributed by atoms with E-state index in [2.05, 4.69) is 25.1 Å². The van der Waals surface area contributed by atoms with Crippen LogP contribution in [0, 0.1) is 0 Å². The first-order valence-electron chi connectivity index (χ1n) is 7.38. The van der Waals surface area contributed by atoms with Crippen LogP contribution in [-0.4, -0.2) is 25.1 Å². The Bertz CT molecular complexity index is 1040. The van der Waals surface area contributed by atoms with Gasteiger partial charge in [0.2, 0.25) is 5.16 Å². The minimum atomic E-state index is -0.129. The van der Waals surface area contributed by atoms with E-state index < -0.39 is 0 Å². The van der Waals surface area contributed by atoms with Crippen molar-refractivity contribution in [3.05, 3.63) is 70.8 Å². The number of hydrogen-bond acceptors (Lipinski definition) is 5. The van der Waals surface area contributed by atoms with Crippen molar-refractivity contribution in [2.75, 3.05) is 0 Å². The zero-order valence-electron chi connectivity index (χ0n) is 12.6. The van der Waals surface area contributed by atoms with Crippen molar-refractivity contribution in [2.45, 2.75) is 10.9 Å². The second kappa shape index (κ2) is 6.29. The molecule has 118 valence electrons. The van der Waals surface area contributed by atoms with Crippen molar-refractivity contribution in [3.63, 3.8) is 0 Å². The van der Waals surface area contributed by atoms with Crippen molar-refractivity contribution < 1.29 is 0 Å². The van der Waals surface area contributed by atoms with E-state index in [4.69, 9.17) is 0 Å². The molecule has 0 radical (unpaired) electrons. The van der Waals surface area contributed by atoms with E-state index >= 15 is 0 Å². The highest BCUT2D eigenvalue weighted by Crippen LogP contribution is 2.21. The molecule has 0 spiro atoms. The molecule has 2 N–H and O–H groups in total. The average Bonchev–Trinajstić information content (AvgIpc) is 3.10. The predicted molar refractivity (Wildman–Crippen MR) is 93.7 cm³/mol. The monoisotopic (exact) mass is 335 g/mol. The maximum Gasteiger partial charge on any atom is 0.258 e. The molecular formula is C17H13N5OS. The first kappa shape index (κ1) is 14.6. The largest absolute Gasteiger partial charge is 0.309 e. The maximum absolute atomic E-state index is 12.1. The lowest BCUT2D eigenvalue weighted by Gasteiger charge is -2.01. The van der Waals surface area contributed by atoms with Gasteiger partial charge in [0.25, 0.3) is 5.56 Å². The highest BCUT2D eigenvalue weighted by molar-refractivity contribution is 7.98. The van der Waals surface area contributed by atoms with Crippen LogP contribution in [0.5, 0.6) is 0 Å². The summed E-state index contributed by atoms with van der Waals surface area (Å²) in [5, 5.41) is 8.33. The van der Waals surface area contributed by atoms with Crippen molar-refractivity contribution in [1.82, 2.24) is 25.1 Å². The van der Waals surface area contributed by atoms with Gasteiger partial charge >= 0.3 is 0 Å². The van der Waals surface area contributed by atoms with Gasteiger partial charge in [0.1, 0.15) is 5.82 Å². The number of aromatic amines is 2. The molecule has 0 atom stereocenters. The van der Waals surface area contributed by atoms with Gasteiger partial charge in [-0.25, -0.2) is 9.97 Å². The normalized spacial score (nSPS) is 11.0. The molecular weight excluding hydrogens is 322 g/mol. The number of para-hydroxylation sites is 1. The van der Waals surface area contributed by atoms with Crippen molar-refractivity contribution in [2.24, 2.45) is 0 Å². The lowest BCUT2D eigenvalue weighted by atomic mass is 10.2. The number of nitrogens with zero attached hydrogens (tertiary/aromatic N) is 3. The van der Waals surface area contributed by atoms with Crippen LogP contribution in [0.15, 0.2) is 64.5 Å².